The van der Waals surface area contributed by atoms with E-state index >= 15 is 0 Å². The number of benzene rings is 3. The number of aromatic nitrogens is 1. The van der Waals surface area contributed by atoms with Crippen LogP contribution in [0.1, 0.15) is 16.1 Å². The van der Waals surface area contributed by atoms with Crippen molar-refractivity contribution in [2.45, 2.75) is 6.92 Å². The Kier molecular flexibility index (Phi) is 6.67. The lowest BCUT2D eigenvalue weighted by molar-refractivity contribution is -0.133. The molecular weight excluding hydrogens is 527 g/mol. The molecule has 4 aromatic rings. The molecule has 10 heteroatoms. The fraction of sp³-hybridized carbons (Fsp3) is 0.0417. The predicted octanol–water partition coefficient (Wildman–Crippen LogP) is 5.47. The molecular formula is C24H17BrClFN4O3. The van der Waals surface area contributed by atoms with Crippen molar-refractivity contribution in [3.8, 4) is 0 Å². The number of rotatable bonds is 4. The summed E-state index contributed by atoms with van der Waals surface area (Å²) in [7, 11) is 0. The summed E-state index contributed by atoms with van der Waals surface area (Å²) in [5.41, 5.74) is 4.50. The monoisotopic (exact) mass is 542 g/mol. The molecule has 4 rings (SSSR count). The SMILES string of the molecule is Cc1c(Cl)cccc1NC(=O)c1cc2cc(Br)ccc2n1NC(=O)C(=O)Nc1ccc(F)cc1. The lowest BCUT2D eigenvalue weighted by atomic mass is 10.2. The molecule has 0 saturated heterocycles. The molecule has 34 heavy (non-hydrogen) atoms. The zero-order chi connectivity index (χ0) is 24.4. The highest BCUT2D eigenvalue weighted by Crippen LogP contribution is 2.26. The van der Waals surface area contributed by atoms with Crippen molar-refractivity contribution in [1.29, 1.82) is 0 Å². The van der Waals surface area contributed by atoms with E-state index in [1.54, 1.807) is 49.4 Å². The maximum atomic E-state index is 13.2. The number of halogens is 3. The normalized spacial score (nSPS) is 10.7. The van der Waals surface area contributed by atoms with Crippen LogP contribution in [0.3, 0.4) is 0 Å². The van der Waals surface area contributed by atoms with Crippen LogP contribution in [0.4, 0.5) is 15.8 Å². The third kappa shape index (κ3) is 4.95. The van der Waals surface area contributed by atoms with Crippen molar-refractivity contribution in [2.75, 3.05) is 16.1 Å². The maximum absolute atomic E-state index is 13.2. The summed E-state index contributed by atoms with van der Waals surface area (Å²) in [6, 6.07) is 16.9. The predicted molar refractivity (Wildman–Crippen MR) is 133 cm³/mol. The molecule has 0 spiro atoms. The Morgan fingerprint density at radius 1 is 0.941 bits per heavy atom. The van der Waals surface area contributed by atoms with Crippen molar-refractivity contribution in [1.82, 2.24) is 4.68 Å². The van der Waals surface area contributed by atoms with Crippen LogP contribution in [0.2, 0.25) is 5.02 Å². The van der Waals surface area contributed by atoms with E-state index in [2.05, 4.69) is 32.0 Å². The minimum absolute atomic E-state index is 0.0930. The molecule has 0 saturated carbocycles. The minimum atomic E-state index is -1.02. The number of carbonyl (C=O) groups is 3. The van der Waals surface area contributed by atoms with Gasteiger partial charge in [-0.05, 0) is 73.2 Å². The zero-order valence-electron chi connectivity index (χ0n) is 17.7. The van der Waals surface area contributed by atoms with Gasteiger partial charge in [-0.2, -0.15) is 0 Å². The standard InChI is InChI=1S/C24H17BrClFN4O3/c1-13-18(26)3-2-4-19(13)29-22(32)21-12-14-11-15(25)5-10-20(14)31(21)30-24(34)23(33)28-17-8-6-16(27)7-9-17/h2-12H,1H3,(H,28,33)(H,29,32)(H,30,34). The van der Waals surface area contributed by atoms with Crippen molar-refractivity contribution in [3.05, 3.63) is 93.3 Å². The Morgan fingerprint density at radius 3 is 2.41 bits per heavy atom. The second-order valence-corrected chi connectivity index (χ2v) is 8.66. The van der Waals surface area contributed by atoms with Crippen LogP contribution in [0.25, 0.3) is 10.9 Å². The number of anilines is 2. The smallest absolute Gasteiger partial charge is 0.320 e. The first-order chi connectivity index (χ1) is 16.2. The van der Waals surface area contributed by atoms with Crippen LogP contribution >= 0.6 is 27.5 Å². The summed E-state index contributed by atoms with van der Waals surface area (Å²) in [6.07, 6.45) is 0. The number of carbonyl (C=O) groups excluding carboxylic acids is 3. The number of fused-ring (bicyclic) bond motifs is 1. The molecule has 0 unspecified atom stereocenters. The van der Waals surface area contributed by atoms with Gasteiger partial charge in [0.05, 0.1) is 5.52 Å². The molecule has 1 heterocycles. The van der Waals surface area contributed by atoms with Gasteiger partial charge in [0.25, 0.3) is 5.91 Å². The first-order valence-corrected chi connectivity index (χ1v) is 11.2. The quantitative estimate of drug-likeness (QED) is 0.298. The van der Waals surface area contributed by atoms with E-state index in [-0.39, 0.29) is 11.4 Å². The van der Waals surface area contributed by atoms with Gasteiger partial charge in [-0.15, -0.1) is 0 Å². The minimum Gasteiger partial charge on any atom is -0.320 e. The van der Waals surface area contributed by atoms with Gasteiger partial charge in [0.1, 0.15) is 11.5 Å². The fourth-order valence-electron chi connectivity index (χ4n) is 3.28. The first-order valence-electron chi connectivity index (χ1n) is 9.98. The van der Waals surface area contributed by atoms with Gasteiger partial charge in [0, 0.05) is 26.3 Å². The van der Waals surface area contributed by atoms with E-state index in [0.29, 0.717) is 27.2 Å². The molecule has 0 bridgehead atoms. The second-order valence-electron chi connectivity index (χ2n) is 7.34. The summed E-state index contributed by atoms with van der Waals surface area (Å²) in [5.74, 6) is -2.99. The Morgan fingerprint density at radius 2 is 1.68 bits per heavy atom. The largest absolute Gasteiger partial charge is 0.328 e. The van der Waals surface area contributed by atoms with Crippen LogP contribution in [-0.4, -0.2) is 22.4 Å². The maximum Gasteiger partial charge on any atom is 0.328 e. The van der Waals surface area contributed by atoms with E-state index in [1.165, 1.54) is 16.8 Å². The van der Waals surface area contributed by atoms with Crippen molar-refractivity contribution in [3.63, 3.8) is 0 Å². The van der Waals surface area contributed by atoms with Crippen LogP contribution in [0.5, 0.6) is 0 Å². The molecule has 3 N–H and O–H groups in total. The van der Waals surface area contributed by atoms with Crippen molar-refractivity contribution >= 4 is 67.5 Å². The molecule has 1 aromatic heterocycles. The van der Waals surface area contributed by atoms with Crippen LogP contribution < -0.4 is 16.1 Å². The van der Waals surface area contributed by atoms with Gasteiger partial charge in [-0.1, -0.05) is 33.6 Å². The molecule has 0 radical (unpaired) electrons. The molecule has 0 aliphatic heterocycles. The molecule has 0 aliphatic rings. The van der Waals surface area contributed by atoms with Gasteiger partial charge in [-0.25, -0.2) is 9.07 Å². The Hall–Kier alpha value is -3.69. The van der Waals surface area contributed by atoms with Gasteiger partial charge in [0.15, 0.2) is 0 Å². The number of nitrogens with one attached hydrogen (secondary N) is 3. The molecule has 172 valence electrons. The molecule has 0 fully saturated rings. The van der Waals surface area contributed by atoms with Gasteiger partial charge in [-0.3, -0.25) is 19.8 Å². The van der Waals surface area contributed by atoms with E-state index in [1.807, 2.05) is 0 Å². The highest BCUT2D eigenvalue weighted by Gasteiger charge is 2.21. The summed E-state index contributed by atoms with van der Waals surface area (Å²) < 4.78 is 15.1. The number of hydrogen-bond acceptors (Lipinski definition) is 3. The number of amides is 3. The first kappa shape index (κ1) is 23.5. The molecule has 0 atom stereocenters. The van der Waals surface area contributed by atoms with Crippen LogP contribution in [0.15, 0.2) is 71.2 Å². The van der Waals surface area contributed by atoms with Gasteiger partial charge < -0.3 is 10.6 Å². The van der Waals surface area contributed by atoms with E-state index in [0.717, 1.165) is 16.6 Å². The van der Waals surface area contributed by atoms with Gasteiger partial charge in [0.2, 0.25) is 0 Å². The van der Waals surface area contributed by atoms with Gasteiger partial charge >= 0.3 is 11.8 Å². The molecule has 0 aliphatic carbocycles. The second kappa shape index (κ2) is 9.66. The Labute approximate surface area is 207 Å². The summed E-state index contributed by atoms with van der Waals surface area (Å²) in [5, 5.41) is 6.32. The lowest BCUT2D eigenvalue weighted by Crippen LogP contribution is -2.36. The van der Waals surface area contributed by atoms with E-state index in [9.17, 15) is 18.8 Å². The Balaban J connectivity index is 1.64. The summed E-state index contributed by atoms with van der Waals surface area (Å²) in [4.78, 5) is 38.2. The van der Waals surface area contributed by atoms with Crippen LogP contribution in [0, 0.1) is 12.7 Å². The lowest BCUT2D eigenvalue weighted by Gasteiger charge is -2.14. The average Bonchev–Trinajstić information content (AvgIpc) is 3.15. The number of hydrogen-bond donors (Lipinski definition) is 3. The fourth-order valence-corrected chi connectivity index (χ4v) is 3.83. The summed E-state index contributed by atoms with van der Waals surface area (Å²) >= 11 is 9.54. The molecule has 3 amide bonds. The van der Waals surface area contributed by atoms with E-state index in [4.69, 9.17) is 11.6 Å². The third-order valence-electron chi connectivity index (χ3n) is 5.03. The van der Waals surface area contributed by atoms with E-state index < -0.39 is 23.5 Å². The van der Waals surface area contributed by atoms with Crippen molar-refractivity contribution < 1.29 is 18.8 Å². The highest BCUT2D eigenvalue weighted by atomic mass is 79.9. The third-order valence-corrected chi connectivity index (χ3v) is 5.94. The Bertz CT molecular complexity index is 1440. The van der Waals surface area contributed by atoms with Crippen LogP contribution in [-0.2, 0) is 9.59 Å². The topological polar surface area (TPSA) is 92.2 Å². The zero-order valence-corrected chi connectivity index (χ0v) is 20.0. The highest BCUT2D eigenvalue weighted by molar-refractivity contribution is 9.10. The number of nitrogens with zero attached hydrogens (tertiary/aromatic N) is 1. The average molecular weight is 544 g/mol. The molecule has 3 aromatic carbocycles. The molecule has 7 nitrogen and oxygen atoms in total. The van der Waals surface area contributed by atoms with Crippen molar-refractivity contribution in [2.24, 2.45) is 0 Å². The summed E-state index contributed by atoms with van der Waals surface area (Å²) in [6.45, 7) is 1.77.